The average Bonchev–Trinajstić information content (AvgIpc) is 3.15. The third-order valence-electron chi connectivity index (χ3n) is 7.53. The first-order valence-electron chi connectivity index (χ1n) is 12.3. The molecule has 0 spiro atoms. The molecule has 4 amide bonds. The van der Waals surface area contributed by atoms with Gasteiger partial charge in [0.25, 0.3) is 11.8 Å². The van der Waals surface area contributed by atoms with Crippen molar-refractivity contribution in [3.63, 3.8) is 0 Å². The van der Waals surface area contributed by atoms with Crippen molar-refractivity contribution in [1.29, 1.82) is 0 Å². The van der Waals surface area contributed by atoms with Crippen LogP contribution in [0.5, 0.6) is 5.75 Å². The molecule has 3 heterocycles. The summed E-state index contributed by atoms with van der Waals surface area (Å²) in [4.78, 5) is 46.7. The highest BCUT2D eigenvalue weighted by molar-refractivity contribution is 6.07. The maximum Gasteiger partial charge on any atom is 0.325 e. The monoisotopic (exact) mass is 486 g/mol. The topological polar surface area (TPSA) is 91.8 Å². The number of ether oxygens (including phenoxy) is 1. The van der Waals surface area contributed by atoms with E-state index in [1.54, 1.807) is 13.3 Å². The number of pyridine rings is 1. The van der Waals surface area contributed by atoms with Crippen molar-refractivity contribution in [2.24, 2.45) is 5.92 Å². The number of benzene rings is 2. The molecule has 36 heavy (non-hydrogen) atoms. The van der Waals surface area contributed by atoms with Crippen LogP contribution in [-0.4, -0.2) is 64.9 Å². The molecule has 1 unspecified atom stereocenters. The number of imide groups is 1. The van der Waals surface area contributed by atoms with E-state index in [9.17, 15) is 14.4 Å². The summed E-state index contributed by atoms with van der Waals surface area (Å²) in [5.74, 6) is 0.522. The van der Waals surface area contributed by atoms with Gasteiger partial charge in [-0.3, -0.25) is 19.5 Å². The highest BCUT2D eigenvalue weighted by Crippen LogP contribution is 2.34. The van der Waals surface area contributed by atoms with Crippen LogP contribution in [0.2, 0.25) is 0 Å². The van der Waals surface area contributed by atoms with E-state index >= 15 is 0 Å². The Morgan fingerprint density at radius 2 is 1.86 bits per heavy atom. The third-order valence-corrected chi connectivity index (χ3v) is 7.53. The summed E-state index contributed by atoms with van der Waals surface area (Å²) >= 11 is 0. The summed E-state index contributed by atoms with van der Waals surface area (Å²) in [7, 11) is 1.62. The summed E-state index contributed by atoms with van der Waals surface area (Å²) in [5, 5.41) is 3.89. The molecule has 2 aliphatic rings. The van der Waals surface area contributed by atoms with Crippen molar-refractivity contribution in [3.8, 4) is 5.75 Å². The van der Waals surface area contributed by atoms with Gasteiger partial charge in [-0.1, -0.05) is 18.2 Å². The van der Waals surface area contributed by atoms with E-state index in [0.29, 0.717) is 44.5 Å². The summed E-state index contributed by atoms with van der Waals surface area (Å²) < 4.78 is 5.18. The number of aromatic nitrogens is 1. The van der Waals surface area contributed by atoms with Gasteiger partial charge in [-0.25, -0.2) is 4.79 Å². The zero-order valence-electron chi connectivity index (χ0n) is 20.6. The molecule has 2 aliphatic heterocycles. The minimum absolute atomic E-state index is 0.0211. The van der Waals surface area contributed by atoms with Crippen molar-refractivity contribution >= 4 is 28.7 Å². The number of hydrogen-bond donors (Lipinski definition) is 1. The number of carbonyl (C=O) groups excluding carboxylic acids is 3. The molecule has 2 aromatic carbocycles. The van der Waals surface area contributed by atoms with Crippen LogP contribution in [0.4, 0.5) is 4.79 Å². The molecule has 2 fully saturated rings. The Labute approximate surface area is 210 Å². The summed E-state index contributed by atoms with van der Waals surface area (Å²) in [6.45, 7) is 3.22. The first-order chi connectivity index (χ1) is 17.4. The van der Waals surface area contributed by atoms with Gasteiger partial charge in [0.1, 0.15) is 11.3 Å². The van der Waals surface area contributed by atoms with Crippen molar-refractivity contribution in [2.75, 3.05) is 26.7 Å². The second-order valence-corrected chi connectivity index (χ2v) is 9.66. The molecule has 2 saturated heterocycles. The van der Waals surface area contributed by atoms with E-state index < -0.39 is 5.54 Å². The maximum absolute atomic E-state index is 13.4. The number of urea groups is 1. The van der Waals surface area contributed by atoms with Gasteiger partial charge >= 0.3 is 6.03 Å². The van der Waals surface area contributed by atoms with Crippen LogP contribution in [0.25, 0.3) is 10.9 Å². The zero-order chi connectivity index (χ0) is 25.3. The minimum Gasteiger partial charge on any atom is -0.497 e. The Bertz CT molecular complexity index is 1300. The van der Waals surface area contributed by atoms with E-state index in [0.717, 1.165) is 22.2 Å². The number of likely N-dealkylation sites (tertiary alicyclic amines) is 1. The Balaban J connectivity index is 1.20. The van der Waals surface area contributed by atoms with Crippen LogP contribution in [0.15, 0.2) is 60.8 Å². The summed E-state index contributed by atoms with van der Waals surface area (Å²) in [6, 6.07) is 16.6. The smallest absolute Gasteiger partial charge is 0.325 e. The number of rotatable bonds is 6. The molecule has 186 valence electrons. The number of fused-ring (bicyclic) bond motifs is 1. The fraction of sp³-hybridized carbons (Fsp3) is 0.357. The Morgan fingerprint density at radius 1 is 1.11 bits per heavy atom. The number of methoxy groups -OCH3 is 1. The van der Waals surface area contributed by atoms with Crippen LogP contribution < -0.4 is 10.1 Å². The van der Waals surface area contributed by atoms with Crippen molar-refractivity contribution < 1.29 is 19.1 Å². The van der Waals surface area contributed by atoms with Gasteiger partial charge in [0.15, 0.2) is 0 Å². The standard InChI is InChI=1S/C28H30N4O4/c1-28(26(34)32(27(35)30-28)17-11-19-5-8-23(36-2)9-6-19)22-12-15-31(16-13-22)25(33)21-7-10-24-20(18-21)4-3-14-29-24/h3-10,14,18,22H,11-13,15-17H2,1-2H3,(H,30,35). The number of nitrogens with one attached hydrogen (secondary N) is 1. The molecular formula is C28H30N4O4. The quantitative estimate of drug-likeness (QED) is 0.537. The predicted molar refractivity (Wildman–Crippen MR) is 136 cm³/mol. The molecule has 1 atom stereocenters. The Kier molecular flexibility index (Phi) is 6.35. The minimum atomic E-state index is -0.958. The molecule has 3 aromatic rings. The zero-order valence-corrected chi connectivity index (χ0v) is 20.6. The molecule has 8 heteroatoms. The molecular weight excluding hydrogens is 456 g/mol. The van der Waals surface area contributed by atoms with Crippen molar-refractivity contribution in [3.05, 3.63) is 71.9 Å². The van der Waals surface area contributed by atoms with Crippen LogP contribution in [0, 0.1) is 5.92 Å². The van der Waals surface area contributed by atoms with E-state index in [1.807, 2.05) is 66.4 Å². The van der Waals surface area contributed by atoms with Gasteiger partial charge in [0.05, 0.1) is 12.6 Å². The SMILES string of the molecule is COc1ccc(CCN2C(=O)NC(C)(C3CCN(C(=O)c4ccc5ncccc5c4)CC3)C2=O)cc1. The number of piperidine rings is 1. The molecule has 0 radical (unpaired) electrons. The molecule has 5 rings (SSSR count). The number of hydrogen-bond acceptors (Lipinski definition) is 5. The first kappa shape index (κ1) is 23.8. The predicted octanol–water partition coefficient (Wildman–Crippen LogP) is 3.65. The van der Waals surface area contributed by atoms with Gasteiger partial charge in [-0.05, 0) is 74.1 Å². The Hall–Kier alpha value is -3.94. The summed E-state index contributed by atoms with van der Waals surface area (Å²) in [6.07, 6.45) is 3.61. The van der Waals surface area contributed by atoms with Crippen LogP contribution >= 0.6 is 0 Å². The van der Waals surface area contributed by atoms with Gasteiger partial charge in [0.2, 0.25) is 0 Å². The van der Waals surface area contributed by atoms with Crippen LogP contribution in [-0.2, 0) is 11.2 Å². The summed E-state index contributed by atoms with van der Waals surface area (Å²) in [5.41, 5.74) is 1.56. The van der Waals surface area contributed by atoms with Crippen LogP contribution in [0.3, 0.4) is 0 Å². The third kappa shape index (κ3) is 4.39. The molecule has 0 aliphatic carbocycles. The van der Waals surface area contributed by atoms with Gasteiger partial charge < -0.3 is 15.0 Å². The molecule has 0 bridgehead atoms. The molecule has 8 nitrogen and oxygen atoms in total. The molecule has 1 aromatic heterocycles. The van der Waals surface area contributed by atoms with E-state index in [2.05, 4.69) is 10.3 Å². The highest BCUT2D eigenvalue weighted by atomic mass is 16.5. The lowest BCUT2D eigenvalue weighted by molar-refractivity contribution is -0.133. The number of amides is 4. The fourth-order valence-electron chi connectivity index (χ4n) is 5.28. The van der Waals surface area contributed by atoms with Crippen LogP contribution in [0.1, 0.15) is 35.7 Å². The van der Waals surface area contributed by atoms with Crippen molar-refractivity contribution in [1.82, 2.24) is 20.1 Å². The lowest BCUT2D eigenvalue weighted by Gasteiger charge is -2.39. The largest absolute Gasteiger partial charge is 0.497 e. The lowest BCUT2D eigenvalue weighted by atomic mass is 9.78. The molecule has 1 N–H and O–H groups in total. The highest BCUT2D eigenvalue weighted by Gasteiger charge is 2.52. The van der Waals surface area contributed by atoms with Gasteiger partial charge in [-0.15, -0.1) is 0 Å². The number of nitrogens with zero attached hydrogens (tertiary/aromatic N) is 3. The normalized spacial score (nSPS) is 20.6. The molecule has 0 saturated carbocycles. The average molecular weight is 487 g/mol. The second-order valence-electron chi connectivity index (χ2n) is 9.66. The van der Waals surface area contributed by atoms with E-state index in [1.165, 1.54) is 4.90 Å². The first-order valence-corrected chi connectivity index (χ1v) is 12.3. The lowest BCUT2D eigenvalue weighted by Crippen LogP contribution is -2.54. The number of carbonyl (C=O) groups is 3. The fourth-order valence-corrected chi connectivity index (χ4v) is 5.28. The van der Waals surface area contributed by atoms with Gasteiger partial charge in [0, 0.05) is 36.8 Å². The van der Waals surface area contributed by atoms with E-state index in [-0.39, 0.29) is 23.8 Å². The van der Waals surface area contributed by atoms with Gasteiger partial charge in [-0.2, -0.15) is 0 Å². The van der Waals surface area contributed by atoms with E-state index in [4.69, 9.17) is 4.74 Å². The second kappa shape index (κ2) is 9.60. The van der Waals surface area contributed by atoms with Crippen molar-refractivity contribution in [2.45, 2.75) is 31.7 Å². The maximum atomic E-state index is 13.4. The Morgan fingerprint density at radius 3 is 2.58 bits per heavy atom.